The summed E-state index contributed by atoms with van der Waals surface area (Å²) in [6.07, 6.45) is 0.712. The van der Waals surface area contributed by atoms with Gasteiger partial charge >= 0.3 is 0 Å². The molecule has 1 aromatic heterocycles. The molecule has 2 N–H and O–H groups in total. The number of thiazole rings is 1. The van der Waals surface area contributed by atoms with Gasteiger partial charge < -0.3 is 10.6 Å². The number of hydrogen-bond donors (Lipinski definition) is 2. The van der Waals surface area contributed by atoms with Gasteiger partial charge in [0, 0.05) is 12.6 Å². The molecule has 5 nitrogen and oxygen atoms in total. The predicted molar refractivity (Wildman–Crippen MR) is 85.6 cm³/mol. The largest absolute Gasteiger partial charge is 0.326 e. The Hall–Kier alpha value is -1.47. The number of rotatable bonds is 4. The van der Waals surface area contributed by atoms with Gasteiger partial charge in [-0.25, -0.2) is 4.98 Å². The van der Waals surface area contributed by atoms with Crippen molar-refractivity contribution in [3.8, 4) is 0 Å². The zero-order valence-corrected chi connectivity index (χ0v) is 13.5. The molecule has 0 bridgehead atoms. The normalized spacial score (nSPS) is 12.2. The molecule has 0 saturated heterocycles. The summed E-state index contributed by atoms with van der Waals surface area (Å²) >= 11 is 4.68. The van der Waals surface area contributed by atoms with Gasteiger partial charge in [-0.3, -0.25) is 9.59 Å². The van der Waals surface area contributed by atoms with Gasteiger partial charge in [0.05, 0.1) is 15.0 Å². The number of carbonyl (C=O) groups excluding carboxylic acids is 2. The number of benzene rings is 1. The number of hydrogen-bond acceptors (Lipinski definition) is 4. The molecule has 1 heterocycles. The molecule has 0 fully saturated rings. The molecule has 0 aliphatic rings. The van der Waals surface area contributed by atoms with Crippen LogP contribution < -0.4 is 10.6 Å². The molecule has 7 heteroatoms. The molecule has 106 valence electrons. The summed E-state index contributed by atoms with van der Waals surface area (Å²) < 4.78 is 0.911. The van der Waals surface area contributed by atoms with Crippen molar-refractivity contribution in [3.63, 3.8) is 0 Å². The second-order valence-corrected chi connectivity index (χ2v) is 6.38. The van der Waals surface area contributed by atoms with Crippen LogP contribution in [0.1, 0.15) is 20.3 Å². The lowest BCUT2D eigenvalue weighted by atomic mass is 10.3. The van der Waals surface area contributed by atoms with E-state index >= 15 is 0 Å². The topological polar surface area (TPSA) is 71.1 Å². The molecule has 1 atom stereocenters. The zero-order valence-electron chi connectivity index (χ0n) is 11.1. The van der Waals surface area contributed by atoms with Crippen LogP contribution in [0.25, 0.3) is 10.2 Å². The van der Waals surface area contributed by atoms with Crippen molar-refractivity contribution in [2.45, 2.75) is 25.1 Å². The molecule has 2 aromatic rings. The summed E-state index contributed by atoms with van der Waals surface area (Å²) in [6.45, 7) is 3.39. The van der Waals surface area contributed by atoms with Crippen molar-refractivity contribution in [2.24, 2.45) is 0 Å². The molecule has 0 aliphatic heterocycles. The van der Waals surface area contributed by atoms with Crippen LogP contribution in [-0.4, -0.2) is 21.6 Å². The molecule has 0 radical (unpaired) electrons. The second kappa shape index (κ2) is 6.32. The highest BCUT2D eigenvalue weighted by Crippen LogP contribution is 2.28. The third-order valence-corrected chi connectivity index (χ3v) is 4.58. The Balaban J connectivity index is 2.20. The first-order valence-corrected chi connectivity index (χ1v) is 7.86. The molecular weight excluding hydrogens is 342 g/mol. The maximum Gasteiger partial charge on any atom is 0.239 e. The smallest absolute Gasteiger partial charge is 0.239 e. The Labute approximate surface area is 128 Å². The lowest BCUT2D eigenvalue weighted by Crippen LogP contribution is -2.21. The summed E-state index contributed by atoms with van der Waals surface area (Å²) in [5, 5.41) is 6.05. The van der Waals surface area contributed by atoms with Crippen LogP contribution in [0.15, 0.2) is 18.2 Å². The minimum atomic E-state index is -0.218. The Morgan fingerprint density at radius 2 is 2.15 bits per heavy atom. The van der Waals surface area contributed by atoms with Gasteiger partial charge in [0.25, 0.3) is 0 Å². The van der Waals surface area contributed by atoms with Crippen LogP contribution in [0.3, 0.4) is 0 Å². The van der Waals surface area contributed by atoms with Crippen molar-refractivity contribution >= 4 is 60.1 Å². The number of nitrogens with zero attached hydrogens (tertiary/aromatic N) is 1. The number of nitrogens with one attached hydrogen (secondary N) is 2. The van der Waals surface area contributed by atoms with Gasteiger partial charge in [0.1, 0.15) is 0 Å². The summed E-state index contributed by atoms with van der Waals surface area (Å²) in [4.78, 5) is 26.9. The molecular formula is C13H14BrN3O2S. The van der Waals surface area contributed by atoms with Crippen molar-refractivity contribution in [3.05, 3.63) is 18.2 Å². The van der Waals surface area contributed by atoms with Crippen molar-refractivity contribution in [2.75, 3.05) is 10.6 Å². The fourth-order valence-electron chi connectivity index (χ4n) is 1.63. The van der Waals surface area contributed by atoms with Gasteiger partial charge in [-0.1, -0.05) is 34.2 Å². The zero-order chi connectivity index (χ0) is 14.7. The highest BCUT2D eigenvalue weighted by Gasteiger charge is 2.14. The third-order valence-electron chi connectivity index (χ3n) is 2.58. The Bertz CT molecular complexity index is 656. The molecule has 0 saturated carbocycles. The molecule has 0 unspecified atom stereocenters. The van der Waals surface area contributed by atoms with E-state index in [4.69, 9.17) is 0 Å². The second-order valence-electron chi connectivity index (χ2n) is 4.25. The lowest BCUT2D eigenvalue weighted by Gasteiger charge is -2.04. The number of halogens is 1. The number of carbonyl (C=O) groups is 2. The summed E-state index contributed by atoms with van der Waals surface area (Å²) in [5.41, 5.74) is 1.51. The van der Waals surface area contributed by atoms with Crippen LogP contribution >= 0.6 is 27.3 Å². The predicted octanol–water partition coefficient (Wildman–Crippen LogP) is 3.37. The van der Waals surface area contributed by atoms with Gasteiger partial charge in [0.15, 0.2) is 5.13 Å². The van der Waals surface area contributed by atoms with Gasteiger partial charge in [0.2, 0.25) is 11.8 Å². The van der Waals surface area contributed by atoms with E-state index in [1.807, 2.05) is 19.1 Å². The Kier molecular flexibility index (Phi) is 4.72. The summed E-state index contributed by atoms with van der Waals surface area (Å²) in [5.74, 6) is -0.221. The maximum atomic E-state index is 11.8. The molecule has 2 amide bonds. The van der Waals surface area contributed by atoms with E-state index in [2.05, 4.69) is 31.5 Å². The quantitative estimate of drug-likeness (QED) is 0.826. The van der Waals surface area contributed by atoms with Crippen molar-refractivity contribution < 1.29 is 9.59 Å². The maximum absolute atomic E-state index is 11.8. The molecule has 2 rings (SSSR count). The number of alkyl halides is 1. The number of amides is 2. The van der Waals surface area contributed by atoms with Crippen LogP contribution in [0, 0.1) is 0 Å². The molecule has 0 spiro atoms. The lowest BCUT2D eigenvalue weighted by molar-refractivity contribution is -0.116. The third kappa shape index (κ3) is 3.55. The van der Waals surface area contributed by atoms with Crippen LogP contribution in [0.2, 0.25) is 0 Å². The highest BCUT2D eigenvalue weighted by atomic mass is 79.9. The SMILES string of the molecule is CC[C@@H](Br)C(=O)Nc1nc2ccc(NC(C)=O)cc2s1. The summed E-state index contributed by atoms with van der Waals surface area (Å²) in [7, 11) is 0. The van der Waals surface area contributed by atoms with Crippen molar-refractivity contribution in [1.82, 2.24) is 4.98 Å². The average Bonchev–Trinajstić information content (AvgIpc) is 2.78. The number of anilines is 2. The number of aromatic nitrogens is 1. The Morgan fingerprint density at radius 1 is 1.40 bits per heavy atom. The standard InChI is InChI=1S/C13H14BrN3O2S/c1-3-9(14)12(19)17-13-16-10-5-4-8(15-7(2)18)6-11(10)20-13/h4-6,9H,3H2,1-2H3,(H,15,18)(H,16,17,19)/t9-/m1/s1. The minimum Gasteiger partial charge on any atom is -0.326 e. The van der Waals surface area contributed by atoms with E-state index < -0.39 is 0 Å². The van der Waals surface area contributed by atoms with Gasteiger partial charge in [-0.15, -0.1) is 0 Å². The van der Waals surface area contributed by atoms with E-state index in [-0.39, 0.29) is 16.6 Å². The summed E-state index contributed by atoms with van der Waals surface area (Å²) in [6, 6.07) is 5.45. The molecule has 20 heavy (non-hydrogen) atoms. The van der Waals surface area contributed by atoms with E-state index in [1.54, 1.807) is 6.07 Å². The average molecular weight is 356 g/mol. The minimum absolute atomic E-state index is 0.103. The van der Waals surface area contributed by atoms with Crippen molar-refractivity contribution in [1.29, 1.82) is 0 Å². The van der Waals surface area contributed by atoms with Crippen LogP contribution in [0.5, 0.6) is 0 Å². The van der Waals surface area contributed by atoms with E-state index in [1.165, 1.54) is 18.3 Å². The van der Waals surface area contributed by atoms with Crippen LogP contribution in [0.4, 0.5) is 10.8 Å². The number of fused-ring (bicyclic) bond motifs is 1. The fourth-order valence-corrected chi connectivity index (χ4v) is 2.65. The van der Waals surface area contributed by atoms with E-state index in [9.17, 15) is 9.59 Å². The van der Waals surface area contributed by atoms with Gasteiger partial charge in [-0.2, -0.15) is 0 Å². The highest BCUT2D eigenvalue weighted by molar-refractivity contribution is 9.10. The monoisotopic (exact) mass is 355 g/mol. The first-order valence-electron chi connectivity index (χ1n) is 6.12. The Morgan fingerprint density at radius 3 is 2.80 bits per heavy atom. The van der Waals surface area contributed by atoms with E-state index in [0.717, 1.165) is 15.9 Å². The first kappa shape index (κ1) is 14.9. The van der Waals surface area contributed by atoms with Crippen LogP contribution in [-0.2, 0) is 9.59 Å². The first-order chi connectivity index (χ1) is 9.49. The van der Waals surface area contributed by atoms with Gasteiger partial charge in [-0.05, 0) is 24.6 Å². The molecule has 0 aliphatic carbocycles. The molecule has 1 aromatic carbocycles. The van der Waals surface area contributed by atoms with E-state index in [0.29, 0.717) is 11.6 Å². The fraction of sp³-hybridized carbons (Fsp3) is 0.308.